The summed E-state index contributed by atoms with van der Waals surface area (Å²) in [5, 5.41) is 0. The highest BCUT2D eigenvalue weighted by atomic mass is 32.2. The van der Waals surface area contributed by atoms with E-state index in [1.807, 2.05) is 4.72 Å². The third-order valence-electron chi connectivity index (χ3n) is 2.78. The number of halogens is 1. The second-order valence-electron chi connectivity index (χ2n) is 4.38. The van der Waals surface area contributed by atoms with Crippen LogP contribution in [0.1, 0.15) is 21.6 Å². The standard InChI is InChI=1S/C13H12FN3O3S/c1-8-5-6-15-7-11(8)21(19,20)17-13(18)10-4-3-9(2)12(14)16-10/h3-7H,1-2H3,(H,17,18). The number of hydrogen-bond donors (Lipinski definition) is 1. The molecule has 2 heterocycles. The zero-order chi connectivity index (χ0) is 15.6. The average Bonchev–Trinajstić information content (AvgIpc) is 2.41. The van der Waals surface area contributed by atoms with Crippen molar-refractivity contribution in [3.8, 4) is 0 Å². The van der Waals surface area contributed by atoms with E-state index in [4.69, 9.17) is 0 Å². The van der Waals surface area contributed by atoms with E-state index in [9.17, 15) is 17.6 Å². The Morgan fingerprint density at radius 1 is 1.19 bits per heavy atom. The summed E-state index contributed by atoms with van der Waals surface area (Å²) in [5.41, 5.74) is 0.383. The Balaban J connectivity index is 2.30. The van der Waals surface area contributed by atoms with Crippen molar-refractivity contribution >= 4 is 15.9 Å². The van der Waals surface area contributed by atoms with Crippen LogP contribution >= 0.6 is 0 Å². The van der Waals surface area contributed by atoms with Crippen molar-refractivity contribution in [2.45, 2.75) is 18.7 Å². The van der Waals surface area contributed by atoms with Gasteiger partial charge in [-0.3, -0.25) is 9.78 Å². The van der Waals surface area contributed by atoms with E-state index in [0.29, 0.717) is 5.56 Å². The molecule has 1 amide bonds. The minimum absolute atomic E-state index is 0.120. The summed E-state index contributed by atoms with van der Waals surface area (Å²) in [7, 11) is -4.09. The quantitative estimate of drug-likeness (QED) is 0.865. The van der Waals surface area contributed by atoms with Gasteiger partial charge >= 0.3 is 0 Å². The maximum Gasteiger partial charge on any atom is 0.283 e. The van der Waals surface area contributed by atoms with Crippen molar-refractivity contribution in [3.63, 3.8) is 0 Å². The van der Waals surface area contributed by atoms with Gasteiger partial charge in [-0.1, -0.05) is 6.07 Å². The average molecular weight is 309 g/mol. The monoisotopic (exact) mass is 309 g/mol. The van der Waals surface area contributed by atoms with Crippen molar-refractivity contribution in [3.05, 3.63) is 53.4 Å². The van der Waals surface area contributed by atoms with E-state index in [1.54, 1.807) is 6.92 Å². The molecule has 21 heavy (non-hydrogen) atoms. The topological polar surface area (TPSA) is 89.0 Å². The first-order chi connectivity index (χ1) is 9.81. The smallest absolute Gasteiger partial charge is 0.266 e. The van der Waals surface area contributed by atoms with E-state index >= 15 is 0 Å². The molecule has 1 N–H and O–H groups in total. The van der Waals surface area contributed by atoms with Gasteiger partial charge in [0, 0.05) is 18.0 Å². The molecular formula is C13H12FN3O3S. The van der Waals surface area contributed by atoms with Gasteiger partial charge in [0.25, 0.3) is 15.9 Å². The molecule has 0 atom stereocenters. The summed E-state index contributed by atoms with van der Waals surface area (Å²) in [4.78, 5) is 18.9. The molecule has 0 aliphatic carbocycles. The van der Waals surface area contributed by atoms with E-state index in [-0.39, 0.29) is 16.2 Å². The zero-order valence-corrected chi connectivity index (χ0v) is 12.1. The lowest BCUT2D eigenvalue weighted by Crippen LogP contribution is -2.32. The number of carbonyl (C=O) groups excluding carboxylic acids is 1. The van der Waals surface area contributed by atoms with Crippen molar-refractivity contribution in [2.24, 2.45) is 0 Å². The largest absolute Gasteiger partial charge is 0.283 e. The minimum Gasteiger partial charge on any atom is -0.266 e. The molecule has 0 aromatic carbocycles. The molecule has 0 bridgehead atoms. The molecule has 6 nitrogen and oxygen atoms in total. The van der Waals surface area contributed by atoms with Crippen LogP contribution in [-0.4, -0.2) is 24.3 Å². The molecule has 110 valence electrons. The van der Waals surface area contributed by atoms with Gasteiger partial charge in [-0.2, -0.15) is 4.39 Å². The van der Waals surface area contributed by atoms with Crippen LogP contribution in [0.3, 0.4) is 0 Å². The molecule has 0 radical (unpaired) electrons. The van der Waals surface area contributed by atoms with Crippen LogP contribution in [0.4, 0.5) is 4.39 Å². The van der Waals surface area contributed by atoms with Crippen LogP contribution in [-0.2, 0) is 10.0 Å². The number of carbonyl (C=O) groups is 1. The predicted octanol–water partition coefficient (Wildman–Crippen LogP) is 1.35. The number of hydrogen-bond acceptors (Lipinski definition) is 5. The van der Waals surface area contributed by atoms with Crippen LogP contribution < -0.4 is 4.72 Å². The normalized spacial score (nSPS) is 11.2. The summed E-state index contributed by atoms with van der Waals surface area (Å²) in [5.74, 6) is -1.82. The van der Waals surface area contributed by atoms with E-state index in [2.05, 4.69) is 9.97 Å². The Morgan fingerprint density at radius 2 is 1.90 bits per heavy atom. The number of aromatic nitrogens is 2. The predicted molar refractivity (Wildman–Crippen MR) is 72.6 cm³/mol. The van der Waals surface area contributed by atoms with E-state index in [0.717, 1.165) is 6.20 Å². The molecule has 0 aliphatic heterocycles. The van der Waals surface area contributed by atoms with E-state index < -0.39 is 21.9 Å². The molecule has 0 unspecified atom stereocenters. The maximum absolute atomic E-state index is 13.3. The Labute approximate surface area is 121 Å². The molecule has 0 fully saturated rings. The van der Waals surface area contributed by atoms with Crippen molar-refractivity contribution in [2.75, 3.05) is 0 Å². The highest BCUT2D eigenvalue weighted by molar-refractivity contribution is 7.90. The first-order valence-corrected chi connectivity index (χ1v) is 7.40. The number of rotatable bonds is 3. The van der Waals surface area contributed by atoms with E-state index in [1.165, 1.54) is 31.3 Å². The molecule has 0 aliphatic rings. The summed E-state index contributed by atoms with van der Waals surface area (Å²) < 4.78 is 39.3. The fourth-order valence-electron chi connectivity index (χ4n) is 1.59. The number of nitrogens with zero attached hydrogens (tertiary/aromatic N) is 2. The fourth-order valence-corrected chi connectivity index (χ4v) is 2.74. The third kappa shape index (κ3) is 3.22. The second kappa shape index (κ2) is 5.57. The first-order valence-electron chi connectivity index (χ1n) is 5.92. The Bertz CT molecular complexity index is 806. The SMILES string of the molecule is Cc1ccncc1S(=O)(=O)NC(=O)c1ccc(C)c(F)n1. The summed E-state index contributed by atoms with van der Waals surface area (Å²) in [6, 6.07) is 4.10. The van der Waals surface area contributed by atoms with Gasteiger partial charge in [0.1, 0.15) is 10.6 Å². The summed E-state index contributed by atoms with van der Waals surface area (Å²) >= 11 is 0. The fraction of sp³-hybridized carbons (Fsp3) is 0.154. The number of nitrogens with one attached hydrogen (secondary N) is 1. The molecule has 0 saturated carbocycles. The molecule has 0 saturated heterocycles. The van der Waals surface area contributed by atoms with Gasteiger partial charge < -0.3 is 0 Å². The van der Waals surface area contributed by atoms with Crippen LogP contribution in [0.25, 0.3) is 0 Å². The second-order valence-corrected chi connectivity index (χ2v) is 6.03. The highest BCUT2D eigenvalue weighted by Gasteiger charge is 2.22. The van der Waals surface area contributed by atoms with Gasteiger partial charge in [0.15, 0.2) is 0 Å². The Kier molecular flexibility index (Phi) is 3.99. The Morgan fingerprint density at radius 3 is 2.52 bits per heavy atom. The summed E-state index contributed by atoms with van der Waals surface area (Å²) in [6.45, 7) is 3.06. The van der Waals surface area contributed by atoms with Crippen LogP contribution in [0.15, 0.2) is 35.5 Å². The van der Waals surface area contributed by atoms with Gasteiger partial charge in [-0.05, 0) is 31.5 Å². The number of pyridine rings is 2. The van der Waals surface area contributed by atoms with Crippen LogP contribution in [0.2, 0.25) is 0 Å². The number of amides is 1. The maximum atomic E-state index is 13.3. The van der Waals surface area contributed by atoms with Crippen LogP contribution in [0.5, 0.6) is 0 Å². The molecular weight excluding hydrogens is 297 g/mol. The van der Waals surface area contributed by atoms with Gasteiger partial charge in [0.2, 0.25) is 5.95 Å². The van der Waals surface area contributed by atoms with Gasteiger partial charge in [-0.15, -0.1) is 0 Å². The minimum atomic E-state index is -4.09. The van der Waals surface area contributed by atoms with Crippen LogP contribution in [0, 0.1) is 19.8 Å². The lowest BCUT2D eigenvalue weighted by atomic mass is 10.2. The van der Waals surface area contributed by atoms with Crippen molar-refractivity contribution in [1.82, 2.24) is 14.7 Å². The number of aryl methyl sites for hydroxylation is 2. The zero-order valence-electron chi connectivity index (χ0n) is 11.3. The summed E-state index contributed by atoms with van der Waals surface area (Å²) in [6.07, 6.45) is 2.57. The molecule has 2 rings (SSSR count). The third-order valence-corrected chi connectivity index (χ3v) is 4.24. The molecule has 2 aromatic heterocycles. The van der Waals surface area contributed by atoms with Gasteiger partial charge in [0.05, 0.1) is 0 Å². The molecule has 2 aromatic rings. The lowest BCUT2D eigenvalue weighted by Gasteiger charge is -2.08. The molecule has 0 spiro atoms. The van der Waals surface area contributed by atoms with Gasteiger partial charge in [-0.25, -0.2) is 18.1 Å². The Hall–Kier alpha value is -2.35. The highest BCUT2D eigenvalue weighted by Crippen LogP contribution is 2.13. The number of sulfonamides is 1. The molecule has 8 heteroatoms. The van der Waals surface area contributed by atoms with Crippen molar-refractivity contribution < 1.29 is 17.6 Å². The first kappa shape index (κ1) is 15.0. The van der Waals surface area contributed by atoms with Crippen molar-refractivity contribution in [1.29, 1.82) is 0 Å². The lowest BCUT2D eigenvalue weighted by molar-refractivity contribution is 0.0975.